The molecule has 13 aromatic rings. The molecular formula is C64H42N2S. The van der Waals surface area contributed by atoms with Gasteiger partial charge >= 0.3 is 0 Å². The van der Waals surface area contributed by atoms with Crippen LogP contribution in [0.4, 0.5) is 17.1 Å². The zero-order valence-electron chi connectivity index (χ0n) is 36.6. The fraction of sp³-hybridized carbons (Fsp3) is 0. The van der Waals surface area contributed by atoms with E-state index in [0.717, 1.165) is 11.4 Å². The molecule has 67 heavy (non-hydrogen) atoms. The number of aromatic nitrogens is 1. The second-order valence-corrected chi connectivity index (χ2v) is 18.3. The van der Waals surface area contributed by atoms with Crippen molar-refractivity contribution in [2.45, 2.75) is 0 Å². The van der Waals surface area contributed by atoms with E-state index in [1.807, 2.05) is 11.3 Å². The molecule has 0 fully saturated rings. The van der Waals surface area contributed by atoms with Crippen LogP contribution in [0.15, 0.2) is 255 Å². The summed E-state index contributed by atoms with van der Waals surface area (Å²) in [6.45, 7) is 0. The highest BCUT2D eigenvalue weighted by molar-refractivity contribution is 7.26. The number of rotatable bonds is 8. The third-order valence-electron chi connectivity index (χ3n) is 13.4. The summed E-state index contributed by atoms with van der Waals surface area (Å²) in [5.41, 5.74) is 16.5. The minimum atomic E-state index is 1.11. The number of nitrogens with zero attached hydrogens (tertiary/aromatic N) is 2. The van der Waals surface area contributed by atoms with Gasteiger partial charge in [-0.3, -0.25) is 0 Å². The summed E-state index contributed by atoms with van der Waals surface area (Å²) in [6, 6.07) is 93.1. The van der Waals surface area contributed by atoms with E-state index in [1.165, 1.54) is 109 Å². The van der Waals surface area contributed by atoms with Crippen molar-refractivity contribution in [3.8, 4) is 50.2 Å². The number of thiophene rings is 1. The van der Waals surface area contributed by atoms with Gasteiger partial charge in [0, 0.05) is 43.2 Å². The lowest BCUT2D eigenvalue weighted by atomic mass is 9.97. The van der Waals surface area contributed by atoms with Gasteiger partial charge in [-0.1, -0.05) is 188 Å². The molecule has 0 amide bonds. The highest BCUT2D eigenvalue weighted by atomic mass is 32.1. The van der Waals surface area contributed by atoms with Crippen molar-refractivity contribution in [1.29, 1.82) is 0 Å². The van der Waals surface area contributed by atoms with E-state index in [-0.39, 0.29) is 0 Å². The number of anilines is 3. The van der Waals surface area contributed by atoms with Crippen LogP contribution in [0.1, 0.15) is 0 Å². The van der Waals surface area contributed by atoms with Gasteiger partial charge in [0.25, 0.3) is 0 Å². The smallest absolute Gasteiger partial charge is 0.0640 e. The Kier molecular flexibility index (Phi) is 9.40. The van der Waals surface area contributed by atoms with Gasteiger partial charge in [0.2, 0.25) is 0 Å². The van der Waals surface area contributed by atoms with E-state index in [2.05, 4.69) is 264 Å². The molecule has 3 heteroatoms. The second-order valence-electron chi connectivity index (χ2n) is 17.3. The second kappa shape index (κ2) is 16.2. The first kappa shape index (κ1) is 38.9. The predicted molar refractivity (Wildman–Crippen MR) is 288 cm³/mol. The SMILES string of the molecule is c1cc(-c2ccc(N(c3ccc(-c4ccc(-c5ccccc5-n5c6ccccc6c6ccccc65)cc4)cc3)c3cccc4c3sc3ccccc34)cc2)cc(-c2ccc3ccccc3c2)c1. The molecule has 314 valence electrons. The van der Waals surface area contributed by atoms with E-state index in [4.69, 9.17) is 0 Å². The van der Waals surface area contributed by atoms with E-state index in [9.17, 15) is 0 Å². The van der Waals surface area contributed by atoms with Crippen LogP contribution in [0.2, 0.25) is 0 Å². The normalized spacial score (nSPS) is 11.6. The molecular weight excluding hydrogens is 829 g/mol. The number of hydrogen-bond acceptors (Lipinski definition) is 2. The first-order valence-corrected chi connectivity index (χ1v) is 23.7. The van der Waals surface area contributed by atoms with Gasteiger partial charge in [-0.15, -0.1) is 11.3 Å². The Morgan fingerprint density at radius 2 is 0.806 bits per heavy atom. The molecule has 0 aliphatic rings. The van der Waals surface area contributed by atoms with E-state index in [0.29, 0.717) is 0 Å². The Hall–Kier alpha value is -8.50. The van der Waals surface area contributed by atoms with Crippen LogP contribution in [0.5, 0.6) is 0 Å². The number of hydrogen-bond donors (Lipinski definition) is 0. The third-order valence-corrected chi connectivity index (χ3v) is 14.6. The average molecular weight is 871 g/mol. The minimum Gasteiger partial charge on any atom is -0.309 e. The number of para-hydroxylation sites is 3. The Balaban J connectivity index is 0.851. The maximum absolute atomic E-state index is 2.42. The Morgan fingerprint density at radius 1 is 0.313 bits per heavy atom. The molecule has 0 N–H and O–H groups in total. The molecule has 2 heterocycles. The van der Waals surface area contributed by atoms with Gasteiger partial charge < -0.3 is 9.47 Å². The maximum Gasteiger partial charge on any atom is 0.0640 e. The van der Waals surface area contributed by atoms with E-state index >= 15 is 0 Å². The molecule has 0 saturated heterocycles. The largest absolute Gasteiger partial charge is 0.309 e. The molecule has 0 unspecified atom stereocenters. The molecule has 0 bridgehead atoms. The molecule has 0 atom stereocenters. The topological polar surface area (TPSA) is 8.17 Å². The lowest BCUT2D eigenvalue weighted by molar-refractivity contribution is 1.18. The molecule has 0 aliphatic carbocycles. The monoisotopic (exact) mass is 870 g/mol. The zero-order chi connectivity index (χ0) is 44.3. The third kappa shape index (κ3) is 6.79. The summed E-state index contributed by atoms with van der Waals surface area (Å²) in [4.78, 5) is 2.42. The number of benzene rings is 11. The zero-order valence-corrected chi connectivity index (χ0v) is 37.4. The van der Waals surface area contributed by atoms with Gasteiger partial charge in [-0.2, -0.15) is 0 Å². The van der Waals surface area contributed by atoms with Crippen LogP contribution in [0, 0.1) is 0 Å². The number of fused-ring (bicyclic) bond motifs is 7. The van der Waals surface area contributed by atoms with E-state index < -0.39 is 0 Å². The first-order valence-electron chi connectivity index (χ1n) is 22.9. The van der Waals surface area contributed by atoms with Crippen molar-refractivity contribution >= 4 is 81.1 Å². The van der Waals surface area contributed by atoms with Crippen LogP contribution in [-0.4, -0.2) is 4.57 Å². The molecule has 0 aliphatic heterocycles. The molecule has 2 aromatic heterocycles. The molecule has 2 nitrogen and oxygen atoms in total. The van der Waals surface area contributed by atoms with Crippen LogP contribution in [0.25, 0.3) is 103 Å². The van der Waals surface area contributed by atoms with Crippen LogP contribution < -0.4 is 4.90 Å². The summed E-state index contributed by atoms with van der Waals surface area (Å²) in [7, 11) is 0. The molecule has 0 saturated carbocycles. The lowest BCUT2D eigenvalue weighted by Gasteiger charge is -2.26. The molecule has 0 radical (unpaired) electrons. The summed E-state index contributed by atoms with van der Waals surface area (Å²) in [6.07, 6.45) is 0. The van der Waals surface area contributed by atoms with Crippen LogP contribution >= 0.6 is 11.3 Å². The maximum atomic E-state index is 2.42. The summed E-state index contributed by atoms with van der Waals surface area (Å²) in [5.74, 6) is 0. The van der Waals surface area contributed by atoms with Crippen molar-refractivity contribution in [2.75, 3.05) is 4.90 Å². The summed E-state index contributed by atoms with van der Waals surface area (Å²) >= 11 is 1.86. The summed E-state index contributed by atoms with van der Waals surface area (Å²) < 4.78 is 4.98. The van der Waals surface area contributed by atoms with Crippen molar-refractivity contribution in [2.24, 2.45) is 0 Å². The van der Waals surface area contributed by atoms with Crippen LogP contribution in [0.3, 0.4) is 0 Å². The van der Waals surface area contributed by atoms with E-state index in [1.54, 1.807) is 0 Å². The molecule has 11 aromatic carbocycles. The molecule has 13 rings (SSSR count). The standard InChI is InChI=1S/C64H42N2S/c1-2-14-48-42-51(32-29-43(48)13-1)50-16-11-15-49(41-50)46-35-39-53(40-36-46)65(62-25-12-21-58-57-20-6-10-26-63(57)67-64(58)62)52-37-33-45(34-38-52)44-27-30-47(31-28-44)54-17-3-7-22-59(54)66-60-23-8-4-18-55(60)56-19-5-9-24-61(56)66/h1-42H. The van der Waals surface area contributed by atoms with Crippen molar-refractivity contribution in [3.63, 3.8) is 0 Å². The van der Waals surface area contributed by atoms with Gasteiger partial charge in [0.1, 0.15) is 0 Å². The fourth-order valence-electron chi connectivity index (χ4n) is 10.1. The van der Waals surface area contributed by atoms with Gasteiger partial charge in [-0.05, 0) is 116 Å². The highest BCUT2D eigenvalue weighted by Crippen LogP contribution is 2.46. The predicted octanol–water partition coefficient (Wildman–Crippen LogP) is 18.4. The van der Waals surface area contributed by atoms with Crippen LogP contribution in [-0.2, 0) is 0 Å². The minimum absolute atomic E-state index is 1.11. The van der Waals surface area contributed by atoms with Crippen molar-refractivity contribution in [3.05, 3.63) is 255 Å². The summed E-state index contributed by atoms with van der Waals surface area (Å²) in [5, 5.41) is 7.61. The van der Waals surface area contributed by atoms with Gasteiger partial charge in [-0.25, -0.2) is 0 Å². The Bertz CT molecular complexity index is 3920. The van der Waals surface area contributed by atoms with Crippen molar-refractivity contribution in [1.82, 2.24) is 4.57 Å². The van der Waals surface area contributed by atoms with Crippen molar-refractivity contribution < 1.29 is 0 Å². The highest BCUT2D eigenvalue weighted by Gasteiger charge is 2.19. The quantitative estimate of drug-likeness (QED) is 0.148. The average Bonchev–Trinajstić information content (AvgIpc) is 3.96. The van der Waals surface area contributed by atoms with Gasteiger partial charge in [0.05, 0.1) is 27.1 Å². The fourth-order valence-corrected chi connectivity index (χ4v) is 11.3. The Labute approximate surface area is 393 Å². The van der Waals surface area contributed by atoms with Gasteiger partial charge in [0.15, 0.2) is 0 Å². The first-order chi connectivity index (χ1) is 33.2. The molecule has 0 spiro atoms. The lowest BCUT2D eigenvalue weighted by Crippen LogP contribution is -2.10. The Morgan fingerprint density at radius 3 is 1.52 bits per heavy atom.